The Kier molecular flexibility index (Phi) is 6.87. The van der Waals surface area contributed by atoms with E-state index in [1.807, 2.05) is 30.3 Å². The number of carbonyl (C=O) groups is 1. The molecule has 3 aromatic rings. The van der Waals surface area contributed by atoms with Crippen molar-refractivity contribution in [3.8, 4) is 0 Å². The van der Waals surface area contributed by atoms with Crippen LogP contribution >= 0.6 is 0 Å². The van der Waals surface area contributed by atoms with Crippen molar-refractivity contribution in [1.29, 1.82) is 0 Å². The molecule has 1 N–H and O–H groups in total. The molecule has 0 radical (unpaired) electrons. The normalized spacial score (nSPS) is 12.5. The highest BCUT2D eigenvalue weighted by Gasteiger charge is 2.33. The maximum Gasteiger partial charge on any atom is 0.328 e. The first-order chi connectivity index (χ1) is 14.7. The quantitative estimate of drug-likeness (QED) is 0.538. The number of hydrogen-bond acceptors (Lipinski definition) is 5. The third kappa shape index (κ3) is 5.18. The highest BCUT2D eigenvalue weighted by Crippen LogP contribution is 2.26. The van der Waals surface area contributed by atoms with Crippen LogP contribution in [-0.2, 0) is 26.1 Å². The number of sulfonamides is 1. The number of benzene rings is 2. The molecule has 0 aliphatic rings. The van der Waals surface area contributed by atoms with Crippen molar-refractivity contribution in [3.05, 3.63) is 82.9 Å². The van der Waals surface area contributed by atoms with Crippen LogP contribution in [0.3, 0.4) is 0 Å². The molecule has 0 fully saturated rings. The minimum atomic E-state index is -4.13. The van der Waals surface area contributed by atoms with Gasteiger partial charge in [-0.25, -0.2) is 17.6 Å². The number of nitrogens with one attached hydrogen (secondary N) is 1. The fraction of sp³-hybridized carbons (Fsp3) is 0.273. The van der Waals surface area contributed by atoms with Crippen LogP contribution in [0, 0.1) is 19.7 Å². The lowest BCUT2D eigenvalue weighted by Crippen LogP contribution is -2.35. The maximum atomic E-state index is 13.2. The smallest absolute Gasteiger partial charge is 0.328 e. The van der Waals surface area contributed by atoms with E-state index >= 15 is 0 Å². The Hall–Kier alpha value is -3.04. The zero-order valence-corrected chi connectivity index (χ0v) is 18.3. The summed E-state index contributed by atoms with van der Waals surface area (Å²) in [5.74, 6) is -1.30. The van der Waals surface area contributed by atoms with Gasteiger partial charge in [-0.05, 0) is 50.6 Å². The van der Waals surface area contributed by atoms with Crippen molar-refractivity contribution < 1.29 is 22.3 Å². The molecule has 164 valence electrons. The number of rotatable bonds is 8. The van der Waals surface area contributed by atoms with Crippen molar-refractivity contribution in [1.82, 2.24) is 14.5 Å². The van der Waals surface area contributed by atoms with Gasteiger partial charge in [0.05, 0.1) is 23.7 Å². The molecule has 0 aliphatic carbocycles. The summed E-state index contributed by atoms with van der Waals surface area (Å²) in [4.78, 5) is 12.6. The lowest BCUT2D eigenvalue weighted by Gasteiger charge is -2.18. The zero-order chi connectivity index (χ0) is 22.6. The molecule has 0 bridgehead atoms. The molecule has 3 rings (SSSR count). The van der Waals surface area contributed by atoms with Crippen molar-refractivity contribution in [2.24, 2.45) is 0 Å². The van der Waals surface area contributed by atoms with Gasteiger partial charge in [-0.2, -0.15) is 9.82 Å². The van der Waals surface area contributed by atoms with E-state index in [-0.39, 0.29) is 11.5 Å². The first-order valence-electron chi connectivity index (χ1n) is 9.75. The Labute approximate surface area is 180 Å². The van der Waals surface area contributed by atoms with Crippen molar-refractivity contribution >= 4 is 16.0 Å². The summed E-state index contributed by atoms with van der Waals surface area (Å²) in [7, 11) is -4.13. The third-order valence-electron chi connectivity index (χ3n) is 4.82. The number of halogens is 1. The number of hydrogen-bond donors (Lipinski definition) is 1. The van der Waals surface area contributed by atoms with Crippen LogP contribution in [0.1, 0.15) is 35.5 Å². The van der Waals surface area contributed by atoms with E-state index in [0.29, 0.717) is 23.5 Å². The van der Waals surface area contributed by atoms with E-state index in [9.17, 15) is 17.6 Å². The molecular formula is C22H24FN3O4S. The monoisotopic (exact) mass is 445 g/mol. The molecule has 1 heterocycles. The summed E-state index contributed by atoms with van der Waals surface area (Å²) in [5, 5.41) is 4.51. The van der Waals surface area contributed by atoms with E-state index < -0.39 is 27.9 Å². The van der Waals surface area contributed by atoms with Crippen molar-refractivity contribution in [2.75, 3.05) is 6.61 Å². The number of ether oxygens (including phenoxy) is 1. The number of nitrogens with zero attached hydrogens (tertiary/aromatic N) is 2. The number of aromatic nitrogens is 2. The van der Waals surface area contributed by atoms with Gasteiger partial charge in [0.2, 0.25) is 10.0 Å². The van der Waals surface area contributed by atoms with E-state index in [4.69, 9.17) is 4.74 Å². The van der Waals surface area contributed by atoms with Gasteiger partial charge >= 0.3 is 5.97 Å². The van der Waals surface area contributed by atoms with Gasteiger partial charge in [-0.15, -0.1) is 0 Å². The van der Waals surface area contributed by atoms with Crippen LogP contribution in [0.2, 0.25) is 0 Å². The molecule has 1 unspecified atom stereocenters. The Balaban J connectivity index is 1.99. The summed E-state index contributed by atoms with van der Waals surface area (Å²) in [6.07, 6.45) is 0. The molecule has 0 spiro atoms. The second kappa shape index (κ2) is 9.40. The summed E-state index contributed by atoms with van der Waals surface area (Å²) < 4.78 is 48.3. The topological polar surface area (TPSA) is 90.3 Å². The Morgan fingerprint density at radius 2 is 1.77 bits per heavy atom. The Morgan fingerprint density at radius 1 is 1.13 bits per heavy atom. The van der Waals surface area contributed by atoms with Crippen LogP contribution in [0.4, 0.5) is 4.39 Å². The average Bonchev–Trinajstić information content (AvgIpc) is 3.00. The minimum Gasteiger partial charge on any atom is -0.465 e. The Bertz CT molecular complexity index is 1160. The summed E-state index contributed by atoms with van der Waals surface area (Å²) in [6.45, 7) is 5.68. The summed E-state index contributed by atoms with van der Waals surface area (Å²) in [5.41, 5.74) is 2.59. The van der Waals surface area contributed by atoms with Crippen molar-refractivity contribution in [2.45, 2.75) is 38.3 Å². The molecule has 0 saturated heterocycles. The molecule has 9 heteroatoms. The molecule has 2 aromatic carbocycles. The lowest BCUT2D eigenvalue weighted by molar-refractivity contribution is -0.145. The standard InChI is InChI=1S/C22H24FN3O4S/c1-4-30-22(27)21(25-31(28,29)19-12-10-18(23)11-13-19)20-15(2)24-26(16(20)3)14-17-8-6-5-7-9-17/h5-13,21,25H,4,14H2,1-3H3. The lowest BCUT2D eigenvalue weighted by atomic mass is 10.1. The predicted octanol–water partition coefficient (Wildman–Crippen LogP) is 3.27. The fourth-order valence-corrected chi connectivity index (χ4v) is 4.48. The van der Waals surface area contributed by atoms with Crippen LogP contribution in [-0.4, -0.2) is 30.8 Å². The van der Waals surface area contributed by atoms with E-state index in [1.165, 1.54) is 0 Å². The van der Waals surface area contributed by atoms with Gasteiger partial charge in [0.15, 0.2) is 0 Å². The van der Waals surface area contributed by atoms with Gasteiger partial charge in [-0.3, -0.25) is 4.68 Å². The highest BCUT2D eigenvalue weighted by molar-refractivity contribution is 7.89. The molecule has 1 aromatic heterocycles. The first kappa shape index (κ1) is 22.6. The molecular weight excluding hydrogens is 421 g/mol. The maximum absolute atomic E-state index is 13.2. The van der Waals surface area contributed by atoms with Crippen LogP contribution in [0.5, 0.6) is 0 Å². The average molecular weight is 446 g/mol. The summed E-state index contributed by atoms with van der Waals surface area (Å²) >= 11 is 0. The number of esters is 1. The van der Waals surface area contributed by atoms with Crippen LogP contribution in [0.15, 0.2) is 59.5 Å². The number of aryl methyl sites for hydroxylation is 1. The van der Waals surface area contributed by atoms with E-state index in [1.54, 1.807) is 25.5 Å². The van der Waals surface area contributed by atoms with Gasteiger partial charge in [0.25, 0.3) is 0 Å². The molecule has 7 nitrogen and oxygen atoms in total. The van der Waals surface area contributed by atoms with Gasteiger partial charge in [-0.1, -0.05) is 30.3 Å². The van der Waals surface area contributed by atoms with E-state index in [2.05, 4.69) is 9.82 Å². The second-order valence-corrected chi connectivity index (χ2v) is 8.70. The molecule has 0 saturated carbocycles. The molecule has 1 atom stereocenters. The Morgan fingerprint density at radius 3 is 2.39 bits per heavy atom. The SMILES string of the molecule is CCOC(=O)C(NS(=O)(=O)c1ccc(F)cc1)c1c(C)nn(Cc2ccccc2)c1C. The highest BCUT2D eigenvalue weighted by atomic mass is 32.2. The molecule has 0 aliphatic heterocycles. The third-order valence-corrected chi connectivity index (χ3v) is 6.26. The van der Waals surface area contributed by atoms with Crippen LogP contribution in [0.25, 0.3) is 0 Å². The fourth-order valence-electron chi connectivity index (χ4n) is 3.33. The van der Waals surface area contributed by atoms with Crippen LogP contribution < -0.4 is 4.72 Å². The van der Waals surface area contributed by atoms with E-state index in [0.717, 1.165) is 29.8 Å². The van der Waals surface area contributed by atoms with Gasteiger partial charge in [0, 0.05) is 11.3 Å². The molecule has 0 amide bonds. The number of carbonyl (C=O) groups excluding carboxylic acids is 1. The first-order valence-corrected chi connectivity index (χ1v) is 11.2. The van der Waals surface area contributed by atoms with Gasteiger partial charge < -0.3 is 4.74 Å². The van der Waals surface area contributed by atoms with Crippen molar-refractivity contribution in [3.63, 3.8) is 0 Å². The van der Waals surface area contributed by atoms with Gasteiger partial charge in [0.1, 0.15) is 11.9 Å². The minimum absolute atomic E-state index is 0.0872. The molecule has 31 heavy (non-hydrogen) atoms. The largest absolute Gasteiger partial charge is 0.465 e. The second-order valence-electron chi connectivity index (χ2n) is 6.99. The summed E-state index contributed by atoms with van der Waals surface area (Å²) in [6, 6.07) is 12.7. The zero-order valence-electron chi connectivity index (χ0n) is 17.5. The predicted molar refractivity (Wildman–Crippen MR) is 113 cm³/mol.